The molecule has 0 aliphatic heterocycles. The molecule has 0 saturated heterocycles. The molecule has 2 aromatic rings. The summed E-state index contributed by atoms with van der Waals surface area (Å²) in [6, 6.07) is 3.16. The number of alkyl halides is 3. The topological polar surface area (TPSA) is 68.9 Å². The second kappa shape index (κ2) is 6.38. The molecular formula is C16H19F3N4O2. The Bertz CT molecular complexity index is 844. The van der Waals surface area contributed by atoms with Crippen molar-refractivity contribution in [1.82, 2.24) is 14.3 Å². The maximum atomic E-state index is 12.7. The van der Waals surface area contributed by atoms with Gasteiger partial charge in [-0.3, -0.25) is 14.3 Å². The van der Waals surface area contributed by atoms with Gasteiger partial charge in [0.15, 0.2) is 0 Å². The summed E-state index contributed by atoms with van der Waals surface area (Å²) in [5.41, 5.74) is -1.15. The van der Waals surface area contributed by atoms with Crippen LogP contribution in [0, 0.1) is 0 Å². The fourth-order valence-electron chi connectivity index (χ4n) is 2.11. The van der Waals surface area contributed by atoms with Crippen LogP contribution >= 0.6 is 0 Å². The Morgan fingerprint density at radius 1 is 1.24 bits per heavy atom. The molecule has 2 heterocycles. The highest BCUT2D eigenvalue weighted by atomic mass is 19.4. The monoisotopic (exact) mass is 356 g/mol. The quantitative estimate of drug-likeness (QED) is 0.919. The van der Waals surface area contributed by atoms with Gasteiger partial charge in [0.05, 0.1) is 11.3 Å². The lowest BCUT2D eigenvalue weighted by Gasteiger charge is -2.13. The Hall–Kier alpha value is -2.58. The van der Waals surface area contributed by atoms with E-state index in [9.17, 15) is 22.8 Å². The third-order valence-corrected chi connectivity index (χ3v) is 3.54. The average molecular weight is 356 g/mol. The molecule has 2 aromatic heterocycles. The molecule has 0 bridgehead atoms. The van der Waals surface area contributed by atoms with Crippen molar-refractivity contribution in [3.63, 3.8) is 0 Å². The van der Waals surface area contributed by atoms with Crippen LogP contribution in [0.4, 0.5) is 19.0 Å². The number of halogens is 3. The number of hydrogen-bond donors (Lipinski definition) is 1. The van der Waals surface area contributed by atoms with E-state index in [-0.39, 0.29) is 5.41 Å². The highest BCUT2D eigenvalue weighted by molar-refractivity contribution is 5.89. The Kier molecular flexibility index (Phi) is 4.79. The second-order valence-electron chi connectivity index (χ2n) is 6.72. The summed E-state index contributed by atoms with van der Waals surface area (Å²) in [6.07, 6.45) is -3.96. The minimum Gasteiger partial charge on any atom is -0.309 e. The first-order chi connectivity index (χ1) is 11.4. The van der Waals surface area contributed by atoms with Gasteiger partial charge >= 0.3 is 6.18 Å². The molecule has 1 N–H and O–H groups in total. The van der Waals surface area contributed by atoms with Crippen molar-refractivity contribution in [3.8, 4) is 0 Å². The summed E-state index contributed by atoms with van der Waals surface area (Å²) < 4.78 is 40.4. The minimum atomic E-state index is -4.59. The molecule has 0 atom stereocenters. The molecule has 0 radical (unpaired) electrons. The molecular weight excluding hydrogens is 337 g/mol. The van der Waals surface area contributed by atoms with Crippen molar-refractivity contribution >= 4 is 11.7 Å². The number of amides is 1. The zero-order chi connectivity index (χ0) is 19.0. The minimum absolute atomic E-state index is 0.223. The van der Waals surface area contributed by atoms with E-state index in [0.29, 0.717) is 18.1 Å². The summed E-state index contributed by atoms with van der Waals surface area (Å²) in [7, 11) is 1.64. The van der Waals surface area contributed by atoms with Gasteiger partial charge in [0.25, 0.3) is 5.56 Å². The summed E-state index contributed by atoms with van der Waals surface area (Å²) in [5, 5.41) is 6.85. The lowest BCUT2D eigenvalue weighted by Crippen LogP contribution is -2.28. The van der Waals surface area contributed by atoms with Crippen molar-refractivity contribution < 1.29 is 18.0 Å². The van der Waals surface area contributed by atoms with Gasteiger partial charge in [-0.2, -0.15) is 18.3 Å². The SMILES string of the molecule is Cn1nc(C(C)(C)C)cc1NC(=O)Cn1cc(C(F)(F)F)ccc1=O. The molecule has 0 saturated carbocycles. The number of nitrogens with one attached hydrogen (secondary N) is 1. The number of aromatic nitrogens is 3. The zero-order valence-electron chi connectivity index (χ0n) is 14.3. The highest BCUT2D eigenvalue weighted by Gasteiger charge is 2.31. The Morgan fingerprint density at radius 2 is 1.88 bits per heavy atom. The van der Waals surface area contributed by atoms with E-state index in [1.165, 1.54) is 4.68 Å². The number of carbonyl (C=O) groups is 1. The van der Waals surface area contributed by atoms with E-state index in [1.807, 2.05) is 20.8 Å². The Morgan fingerprint density at radius 3 is 2.40 bits per heavy atom. The van der Waals surface area contributed by atoms with Gasteiger partial charge in [-0.1, -0.05) is 20.8 Å². The van der Waals surface area contributed by atoms with E-state index in [1.54, 1.807) is 13.1 Å². The average Bonchev–Trinajstić information content (AvgIpc) is 2.81. The van der Waals surface area contributed by atoms with Crippen LogP contribution in [0.1, 0.15) is 32.0 Å². The summed E-state index contributed by atoms with van der Waals surface area (Å²) in [5.74, 6) is -0.222. The highest BCUT2D eigenvalue weighted by Crippen LogP contribution is 2.28. The van der Waals surface area contributed by atoms with Crippen LogP contribution in [0.3, 0.4) is 0 Å². The van der Waals surface area contributed by atoms with Gasteiger partial charge in [0.2, 0.25) is 5.91 Å². The number of nitrogens with zero attached hydrogens (tertiary/aromatic N) is 3. The van der Waals surface area contributed by atoms with Crippen LogP contribution in [0.2, 0.25) is 0 Å². The first-order valence-electron chi connectivity index (χ1n) is 7.50. The maximum absolute atomic E-state index is 12.7. The predicted molar refractivity (Wildman–Crippen MR) is 86.2 cm³/mol. The fraction of sp³-hybridized carbons (Fsp3) is 0.438. The van der Waals surface area contributed by atoms with Gasteiger partial charge in [0, 0.05) is 30.8 Å². The van der Waals surface area contributed by atoms with Crippen molar-refractivity contribution in [2.24, 2.45) is 7.05 Å². The van der Waals surface area contributed by atoms with Crippen LogP contribution in [0.15, 0.2) is 29.2 Å². The van der Waals surface area contributed by atoms with E-state index in [2.05, 4.69) is 10.4 Å². The van der Waals surface area contributed by atoms with Crippen molar-refractivity contribution in [2.45, 2.75) is 38.9 Å². The third-order valence-electron chi connectivity index (χ3n) is 3.54. The van der Waals surface area contributed by atoms with Gasteiger partial charge in [-0.25, -0.2) is 0 Å². The Labute approximate surface area is 142 Å². The number of anilines is 1. The van der Waals surface area contributed by atoms with E-state index < -0.39 is 29.8 Å². The molecule has 0 aromatic carbocycles. The molecule has 9 heteroatoms. The lowest BCUT2D eigenvalue weighted by molar-refractivity contribution is -0.138. The molecule has 2 rings (SSSR count). The first-order valence-corrected chi connectivity index (χ1v) is 7.50. The van der Waals surface area contributed by atoms with Crippen LogP contribution < -0.4 is 10.9 Å². The molecule has 0 unspecified atom stereocenters. The normalized spacial score (nSPS) is 12.3. The van der Waals surface area contributed by atoms with Gasteiger partial charge in [-0.15, -0.1) is 0 Å². The van der Waals surface area contributed by atoms with Gasteiger partial charge in [-0.05, 0) is 6.07 Å². The molecule has 0 aliphatic rings. The van der Waals surface area contributed by atoms with Crippen LogP contribution in [0.5, 0.6) is 0 Å². The molecule has 0 fully saturated rings. The van der Waals surface area contributed by atoms with Crippen molar-refractivity contribution in [3.05, 3.63) is 46.0 Å². The van der Waals surface area contributed by atoms with E-state index in [4.69, 9.17) is 0 Å². The number of carbonyl (C=O) groups excluding carboxylic acids is 1. The molecule has 25 heavy (non-hydrogen) atoms. The molecule has 1 amide bonds. The number of aryl methyl sites for hydroxylation is 1. The summed E-state index contributed by atoms with van der Waals surface area (Å²) >= 11 is 0. The Balaban J connectivity index is 2.19. The van der Waals surface area contributed by atoms with Crippen LogP contribution in [-0.4, -0.2) is 20.3 Å². The predicted octanol–water partition coefficient (Wildman–Crippen LogP) is 2.54. The fourth-order valence-corrected chi connectivity index (χ4v) is 2.11. The van der Waals surface area contributed by atoms with Gasteiger partial charge in [0.1, 0.15) is 12.4 Å². The number of pyridine rings is 1. The molecule has 136 valence electrons. The molecule has 6 nitrogen and oxygen atoms in total. The maximum Gasteiger partial charge on any atom is 0.417 e. The second-order valence-corrected chi connectivity index (χ2v) is 6.72. The van der Waals surface area contributed by atoms with Crippen LogP contribution in [0.25, 0.3) is 0 Å². The summed E-state index contributed by atoms with van der Waals surface area (Å²) in [4.78, 5) is 23.8. The first kappa shape index (κ1) is 18.8. The smallest absolute Gasteiger partial charge is 0.309 e. The lowest BCUT2D eigenvalue weighted by atomic mass is 9.92. The number of hydrogen-bond acceptors (Lipinski definition) is 3. The molecule has 0 spiro atoms. The van der Waals surface area contributed by atoms with Crippen LogP contribution in [-0.2, 0) is 30.0 Å². The molecule has 0 aliphatic carbocycles. The standard InChI is InChI=1S/C16H19F3N4O2/c1-15(2,3)11-7-12(22(4)21-11)20-13(24)9-23-8-10(16(17,18)19)5-6-14(23)25/h5-8H,9H2,1-4H3,(H,20,24). The van der Waals surface area contributed by atoms with E-state index >= 15 is 0 Å². The zero-order valence-corrected chi connectivity index (χ0v) is 14.3. The van der Waals surface area contributed by atoms with Crippen molar-refractivity contribution in [1.29, 1.82) is 0 Å². The van der Waals surface area contributed by atoms with E-state index in [0.717, 1.165) is 16.3 Å². The van der Waals surface area contributed by atoms with Crippen molar-refractivity contribution in [2.75, 3.05) is 5.32 Å². The number of rotatable bonds is 3. The summed E-state index contributed by atoms with van der Waals surface area (Å²) in [6.45, 7) is 5.36. The van der Waals surface area contributed by atoms with Gasteiger partial charge < -0.3 is 9.88 Å². The third kappa shape index (κ3) is 4.49. The largest absolute Gasteiger partial charge is 0.417 e.